The minimum atomic E-state index is -0.201. The normalized spacial score (nSPS) is 13.9. The molecule has 1 aliphatic heterocycles. The predicted molar refractivity (Wildman–Crippen MR) is 144 cm³/mol. The average molecular weight is 525 g/mol. The van der Waals surface area contributed by atoms with Crippen LogP contribution in [0.1, 0.15) is 15.9 Å². The van der Waals surface area contributed by atoms with E-state index in [1.807, 2.05) is 41.3 Å². The van der Waals surface area contributed by atoms with Crippen LogP contribution in [0.2, 0.25) is 10.0 Å². The molecule has 9 heteroatoms. The van der Waals surface area contributed by atoms with Gasteiger partial charge in [0, 0.05) is 47.5 Å². The molecular formula is C26H22Cl2N4O2S. The van der Waals surface area contributed by atoms with Gasteiger partial charge in [-0.25, -0.2) is 0 Å². The molecule has 2 heterocycles. The molecule has 1 saturated heterocycles. The summed E-state index contributed by atoms with van der Waals surface area (Å²) in [5.74, 6) is -0.0673. The van der Waals surface area contributed by atoms with Crippen LogP contribution in [0.5, 0.6) is 0 Å². The van der Waals surface area contributed by atoms with Crippen molar-refractivity contribution in [2.24, 2.45) is 0 Å². The summed E-state index contributed by atoms with van der Waals surface area (Å²) in [6.45, 7) is 2.97. The highest BCUT2D eigenvalue weighted by molar-refractivity contribution is 7.71. The van der Waals surface area contributed by atoms with Crippen LogP contribution in [0, 0.1) is 4.77 Å². The molecule has 1 fully saturated rings. The highest BCUT2D eigenvalue weighted by atomic mass is 35.5. The summed E-state index contributed by atoms with van der Waals surface area (Å²) in [5.41, 5.74) is 2.84. The second-order valence-electron chi connectivity index (χ2n) is 8.47. The number of benzene rings is 3. The SMILES string of the molecule is O=C(c1ccc2c(=O)n(Cc3ccc(Cl)cc3)c(=S)[nH]c2c1)N1CCN(c2cccc(Cl)c2)CC1. The molecule has 4 aromatic rings. The molecule has 0 unspecified atom stereocenters. The van der Waals surface area contributed by atoms with E-state index in [-0.39, 0.29) is 11.5 Å². The summed E-state index contributed by atoms with van der Waals surface area (Å²) in [6.07, 6.45) is 0. The van der Waals surface area contributed by atoms with Gasteiger partial charge in [-0.1, -0.05) is 41.4 Å². The number of fused-ring (bicyclic) bond motifs is 1. The van der Waals surface area contributed by atoms with Gasteiger partial charge in [0.1, 0.15) is 0 Å². The predicted octanol–water partition coefficient (Wildman–Crippen LogP) is 5.38. The monoisotopic (exact) mass is 524 g/mol. The van der Waals surface area contributed by atoms with Crippen LogP contribution in [0.15, 0.2) is 71.5 Å². The molecule has 1 aromatic heterocycles. The number of amides is 1. The third-order valence-corrected chi connectivity index (χ3v) is 7.03. The second kappa shape index (κ2) is 9.85. The van der Waals surface area contributed by atoms with Gasteiger partial charge in [-0.3, -0.25) is 14.2 Å². The van der Waals surface area contributed by atoms with Gasteiger partial charge >= 0.3 is 0 Å². The van der Waals surface area contributed by atoms with Crippen molar-refractivity contribution in [2.75, 3.05) is 31.1 Å². The summed E-state index contributed by atoms with van der Waals surface area (Å²) in [5, 5.41) is 1.81. The fraction of sp³-hybridized carbons (Fsp3) is 0.192. The molecular weight excluding hydrogens is 503 g/mol. The number of nitrogens with zero attached hydrogens (tertiary/aromatic N) is 3. The third kappa shape index (κ3) is 4.98. The van der Waals surface area contributed by atoms with Crippen molar-refractivity contribution in [3.05, 3.63) is 103 Å². The molecule has 0 spiro atoms. The number of aromatic amines is 1. The lowest BCUT2D eigenvalue weighted by atomic mass is 10.1. The second-order valence-corrected chi connectivity index (χ2v) is 9.73. The first-order valence-electron chi connectivity index (χ1n) is 11.2. The molecule has 1 amide bonds. The van der Waals surface area contributed by atoms with E-state index in [1.165, 1.54) is 4.57 Å². The number of carbonyl (C=O) groups is 1. The molecule has 3 aromatic carbocycles. The van der Waals surface area contributed by atoms with E-state index in [2.05, 4.69) is 9.88 Å². The fourth-order valence-electron chi connectivity index (χ4n) is 4.33. The molecule has 1 N–H and O–H groups in total. The number of piperazine rings is 1. The van der Waals surface area contributed by atoms with Gasteiger partial charge in [-0.15, -0.1) is 0 Å². The van der Waals surface area contributed by atoms with Gasteiger partial charge < -0.3 is 14.8 Å². The van der Waals surface area contributed by atoms with Crippen LogP contribution in [0.4, 0.5) is 5.69 Å². The third-order valence-electron chi connectivity index (χ3n) is 6.22. The van der Waals surface area contributed by atoms with Gasteiger partial charge in [0.25, 0.3) is 11.5 Å². The van der Waals surface area contributed by atoms with E-state index in [0.717, 1.165) is 24.3 Å². The Kier molecular flexibility index (Phi) is 6.65. The maximum Gasteiger partial charge on any atom is 0.262 e. The Hall–Kier alpha value is -3.13. The van der Waals surface area contributed by atoms with E-state index in [4.69, 9.17) is 35.4 Å². The highest BCUT2D eigenvalue weighted by Gasteiger charge is 2.23. The minimum absolute atomic E-state index is 0.0673. The van der Waals surface area contributed by atoms with Gasteiger partial charge in [0.15, 0.2) is 4.77 Å². The molecule has 5 rings (SSSR count). The average Bonchev–Trinajstić information content (AvgIpc) is 2.87. The lowest BCUT2D eigenvalue weighted by Gasteiger charge is -2.36. The number of aromatic nitrogens is 2. The van der Waals surface area contributed by atoms with E-state index in [1.54, 1.807) is 30.3 Å². The molecule has 0 bridgehead atoms. The zero-order chi connectivity index (χ0) is 24.5. The Morgan fingerprint density at radius 1 is 0.914 bits per heavy atom. The van der Waals surface area contributed by atoms with Crippen LogP contribution in [0.25, 0.3) is 10.9 Å². The smallest absolute Gasteiger partial charge is 0.262 e. The molecule has 0 radical (unpaired) electrons. The van der Waals surface area contributed by atoms with E-state index >= 15 is 0 Å². The first kappa shape index (κ1) is 23.6. The summed E-state index contributed by atoms with van der Waals surface area (Å²) in [7, 11) is 0. The van der Waals surface area contributed by atoms with Crippen LogP contribution < -0.4 is 10.5 Å². The van der Waals surface area contributed by atoms with Gasteiger partial charge in [0.05, 0.1) is 17.4 Å². The number of anilines is 1. The van der Waals surface area contributed by atoms with Gasteiger partial charge in [-0.05, 0) is 66.3 Å². The Labute approximate surface area is 217 Å². The van der Waals surface area contributed by atoms with Crippen molar-refractivity contribution >= 4 is 57.9 Å². The zero-order valence-corrected chi connectivity index (χ0v) is 21.0. The van der Waals surface area contributed by atoms with Gasteiger partial charge in [-0.2, -0.15) is 0 Å². The molecule has 1 aliphatic rings. The summed E-state index contributed by atoms with van der Waals surface area (Å²) in [4.78, 5) is 33.5. The summed E-state index contributed by atoms with van der Waals surface area (Å²) >= 11 is 17.5. The van der Waals surface area contributed by atoms with Crippen molar-refractivity contribution in [2.45, 2.75) is 6.54 Å². The number of hydrogen-bond acceptors (Lipinski definition) is 4. The largest absolute Gasteiger partial charge is 0.368 e. The molecule has 178 valence electrons. The number of nitrogens with one attached hydrogen (secondary N) is 1. The first-order chi connectivity index (χ1) is 16.9. The van der Waals surface area contributed by atoms with Crippen molar-refractivity contribution in [3.8, 4) is 0 Å². The molecule has 0 atom stereocenters. The first-order valence-corrected chi connectivity index (χ1v) is 12.4. The number of carbonyl (C=O) groups excluding carboxylic acids is 1. The fourth-order valence-corrected chi connectivity index (χ4v) is 4.89. The lowest BCUT2D eigenvalue weighted by Crippen LogP contribution is -2.48. The topological polar surface area (TPSA) is 61.3 Å². The Morgan fingerprint density at radius 2 is 1.66 bits per heavy atom. The number of hydrogen-bond donors (Lipinski definition) is 1. The maximum absolute atomic E-state index is 13.2. The van der Waals surface area contributed by atoms with Gasteiger partial charge in [0.2, 0.25) is 0 Å². The molecule has 35 heavy (non-hydrogen) atoms. The number of H-pyrrole nitrogens is 1. The quantitative estimate of drug-likeness (QED) is 0.364. The van der Waals surface area contributed by atoms with E-state index in [0.29, 0.717) is 50.9 Å². The van der Waals surface area contributed by atoms with Crippen LogP contribution >= 0.6 is 35.4 Å². The van der Waals surface area contributed by atoms with Crippen molar-refractivity contribution in [3.63, 3.8) is 0 Å². The summed E-state index contributed by atoms with van der Waals surface area (Å²) < 4.78 is 1.81. The number of halogens is 2. The Bertz CT molecular complexity index is 1520. The zero-order valence-electron chi connectivity index (χ0n) is 18.7. The van der Waals surface area contributed by atoms with Crippen LogP contribution in [-0.4, -0.2) is 46.5 Å². The summed E-state index contributed by atoms with van der Waals surface area (Å²) in [6, 6.07) is 20.1. The molecule has 0 aliphatic carbocycles. The Morgan fingerprint density at radius 3 is 2.37 bits per heavy atom. The van der Waals surface area contributed by atoms with E-state index < -0.39 is 0 Å². The minimum Gasteiger partial charge on any atom is -0.368 e. The van der Waals surface area contributed by atoms with Crippen molar-refractivity contribution < 1.29 is 4.79 Å². The van der Waals surface area contributed by atoms with E-state index in [9.17, 15) is 9.59 Å². The number of rotatable bonds is 4. The van der Waals surface area contributed by atoms with Crippen molar-refractivity contribution in [1.82, 2.24) is 14.5 Å². The standard InChI is InChI=1S/C26H22Cl2N4O2S/c27-19-7-4-17(5-8-19)16-32-25(34)22-9-6-18(14-23(22)29-26(32)35)24(33)31-12-10-30(11-13-31)21-3-1-2-20(28)15-21/h1-9,14-15H,10-13,16H2,(H,29,35). The van der Waals surface area contributed by atoms with Crippen LogP contribution in [0.3, 0.4) is 0 Å². The lowest BCUT2D eigenvalue weighted by molar-refractivity contribution is 0.0747. The highest BCUT2D eigenvalue weighted by Crippen LogP contribution is 2.22. The molecule has 6 nitrogen and oxygen atoms in total. The van der Waals surface area contributed by atoms with Crippen molar-refractivity contribution in [1.29, 1.82) is 0 Å². The Balaban J connectivity index is 1.35. The maximum atomic E-state index is 13.2. The van der Waals surface area contributed by atoms with Crippen LogP contribution in [-0.2, 0) is 6.54 Å². The molecule has 0 saturated carbocycles.